The molecule has 0 spiro atoms. The molecule has 0 aliphatic rings. The summed E-state index contributed by atoms with van der Waals surface area (Å²) in [5, 5.41) is 9.56. The molecule has 5 nitrogen and oxygen atoms in total. The maximum atomic E-state index is 13.1. The molecule has 1 N–H and O–H groups in total. The summed E-state index contributed by atoms with van der Waals surface area (Å²) in [5.41, 5.74) is 2.32. The second kappa shape index (κ2) is 8.46. The Bertz CT molecular complexity index is 1110. The first kappa shape index (κ1) is 19.9. The standard InChI is InChI=1S/C21H19N3O2S2/c1-13(2)24(15-8-9-17-19(11-15)28-21(27)23-17)20(26)16(12-22)18(25)10-14-6-4-3-5-7-14/h3-9,11,13,16H,10H2,1-2H3,(H,23,27). The van der Waals surface area contributed by atoms with Gasteiger partial charge in [0.15, 0.2) is 15.7 Å². The number of thiazole rings is 1. The van der Waals surface area contributed by atoms with E-state index >= 15 is 0 Å². The minimum atomic E-state index is -1.34. The average Bonchev–Trinajstić information content (AvgIpc) is 3.02. The van der Waals surface area contributed by atoms with E-state index in [0.29, 0.717) is 9.64 Å². The summed E-state index contributed by atoms with van der Waals surface area (Å²) >= 11 is 6.60. The van der Waals surface area contributed by atoms with Gasteiger partial charge in [-0.2, -0.15) is 5.26 Å². The molecule has 142 valence electrons. The first-order valence-corrected chi connectivity index (χ1v) is 10.1. The van der Waals surface area contributed by atoms with Gasteiger partial charge in [-0.3, -0.25) is 9.59 Å². The summed E-state index contributed by atoms with van der Waals surface area (Å²) in [7, 11) is 0. The monoisotopic (exact) mass is 409 g/mol. The van der Waals surface area contributed by atoms with E-state index in [1.54, 1.807) is 6.07 Å². The fraction of sp³-hybridized carbons (Fsp3) is 0.238. The normalized spacial score (nSPS) is 11.9. The third-order valence-corrected chi connectivity index (χ3v) is 5.55. The van der Waals surface area contributed by atoms with E-state index in [9.17, 15) is 14.9 Å². The number of amides is 1. The Labute approximate surface area is 172 Å². The van der Waals surface area contributed by atoms with Crippen LogP contribution in [0.5, 0.6) is 0 Å². The molecule has 3 rings (SSSR count). The molecule has 0 bridgehead atoms. The number of anilines is 1. The SMILES string of the molecule is CC(C)N(C(=O)C(C#N)C(=O)Cc1ccccc1)c1ccc2[nH]c(=S)sc2c1. The number of hydrogen-bond donors (Lipinski definition) is 1. The molecule has 0 fully saturated rings. The maximum absolute atomic E-state index is 13.1. The third kappa shape index (κ3) is 4.19. The van der Waals surface area contributed by atoms with Crippen LogP contribution in [-0.2, 0) is 16.0 Å². The third-order valence-electron chi connectivity index (χ3n) is 4.36. The molecule has 1 amide bonds. The fourth-order valence-corrected chi connectivity index (χ4v) is 4.22. The van der Waals surface area contributed by atoms with Gasteiger partial charge < -0.3 is 9.88 Å². The Morgan fingerprint density at radius 2 is 1.93 bits per heavy atom. The van der Waals surface area contributed by atoms with Crippen LogP contribution in [0, 0.1) is 21.2 Å². The Morgan fingerprint density at radius 3 is 2.57 bits per heavy atom. The molecule has 28 heavy (non-hydrogen) atoms. The predicted octanol–water partition coefficient (Wildman–Crippen LogP) is 4.65. The number of carbonyl (C=O) groups is 2. The lowest BCUT2D eigenvalue weighted by Crippen LogP contribution is -2.43. The number of aromatic nitrogens is 1. The lowest BCUT2D eigenvalue weighted by molar-refractivity contribution is -0.130. The van der Waals surface area contributed by atoms with E-state index in [2.05, 4.69) is 4.98 Å². The molecular formula is C21H19N3O2S2. The highest BCUT2D eigenvalue weighted by Gasteiger charge is 2.32. The van der Waals surface area contributed by atoms with Crippen molar-refractivity contribution >= 4 is 51.1 Å². The van der Waals surface area contributed by atoms with E-state index in [1.807, 2.05) is 62.4 Å². The van der Waals surface area contributed by atoms with E-state index in [-0.39, 0.29) is 12.5 Å². The zero-order valence-electron chi connectivity index (χ0n) is 15.5. The minimum Gasteiger partial charge on any atom is -0.337 e. The molecule has 2 aromatic carbocycles. The second-order valence-corrected chi connectivity index (χ2v) is 8.41. The van der Waals surface area contributed by atoms with Crippen molar-refractivity contribution in [3.05, 3.63) is 58.0 Å². The van der Waals surface area contributed by atoms with E-state index in [1.165, 1.54) is 16.2 Å². The zero-order valence-corrected chi connectivity index (χ0v) is 17.1. The van der Waals surface area contributed by atoms with Crippen molar-refractivity contribution in [1.82, 2.24) is 4.98 Å². The Hall–Kier alpha value is -2.82. The lowest BCUT2D eigenvalue weighted by atomic mass is 9.97. The quantitative estimate of drug-likeness (QED) is 0.475. The van der Waals surface area contributed by atoms with Crippen LogP contribution in [0.2, 0.25) is 0 Å². The van der Waals surface area contributed by atoms with Crippen LogP contribution >= 0.6 is 23.6 Å². The first-order valence-electron chi connectivity index (χ1n) is 8.83. The van der Waals surface area contributed by atoms with E-state index in [4.69, 9.17) is 12.2 Å². The van der Waals surface area contributed by atoms with Gasteiger partial charge in [-0.1, -0.05) is 30.3 Å². The number of ketones is 1. The number of nitrogens with zero attached hydrogens (tertiary/aromatic N) is 2. The predicted molar refractivity (Wildman–Crippen MR) is 114 cm³/mol. The van der Waals surface area contributed by atoms with Crippen molar-refractivity contribution in [2.45, 2.75) is 26.3 Å². The molecule has 7 heteroatoms. The smallest absolute Gasteiger partial charge is 0.252 e. The highest BCUT2D eigenvalue weighted by Crippen LogP contribution is 2.28. The molecule has 1 aromatic heterocycles. The molecule has 0 saturated heterocycles. The topological polar surface area (TPSA) is 77.0 Å². The van der Waals surface area contributed by atoms with Gasteiger partial charge in [-0.25, -0.2) is 0 Å². The van der Waals surface area contributed by atoms with Gasteiger partial charge in [0, 0.05) is 18.2 Å². The van der Waals surface area contributed by atoms with Crippen LogP contribution in [-0.4, -0.2) is 22.7 Å². The van der Waals surface area contributed by atoms with Gasteiger partial charge >= 0.3 is 0 Å². The summed E-state index contributed by atoms with van der Waals surface area (Å²) < 4.78 is 1.58. The van der Waals surface area contributed by atoms with Crippen molar-refractivity contribution < 1.29 is 9.59 Å². The summed E-state index contributed by atoms with van der Waals surface area (Å²) in [6.07, 6.45) is 0.0506. The number of fused-ring (bicyclic) bond motifs is 1. The van der Waals surface area contributed by atoms with Crippen molar-refractivity contribution in [3.8, 4) is 6.07 Å². The van der Waals surface area contributed by atoms with Crippen LogP contribution in [0.15, 0.2) is 48.5 Å². The number of H-pyrrole nitrogens is 1. The molecule has 1 heterocycles. The van der Waals surface area contributed by atoms with Gasteiger partial charge in [-0.05, 0) is 49.8 Å². The van der Waals surface area contributed by atoms with Gasteiger partial charge in [0.2, 0.25) is 0 Å². The van der Waals surface area contributed by atoms with E-state index < -0.39 is 17.6 Å². The van der Waals surface area contributed by atoms with Crippen LogP contribution in [0.25, 0.3) is 10.2 Å². The summed E-state index contributed by atoms with van der Waals surface area (Å²) in [6.45, 7) is 3.72. The first-order chi connectivity index (χ1) is 13.4. The number of Topliss-reactive ketones (excluding diaryl/α,β-unsaturated/α-hetero) is 1. The highest BCUT2D eigenvalue weighted by molar-refractivity contribution is 7.73. The largest absolute Gasteiger partial charge is 0.337 e. The molecule has 0 aliphatic heterocycles. The number of nitrogens with one attached hydrogen (secondary N) is 1. The second-order valence-electron chi connectivity index (χ2n) is 6.69. The number of aromatic amines is 1. The highest BCUT2D eigenvalue weighted by atomic mass is 32.1. The summed E-state index contributed by atoms with van der Waals surface area (Å²) in [6, 6.07) is 16.3. The molecule has 0 aliphatic carbocycles. The summed E-state index contributed by atoms with van der Waals surface area (Å²) in [5.74, 6) is -2.25. The maximum Gasteiger partial charge on any atom is 0.252 e. The number of carbonyl (C=O) groups excluding carboxylic acids is 2. The van der Waals surface area contributed by atoms with Gasteiger partial charge in [0.25, 0.3) is 5.91 Å². The van der Waals surface area contributed by atoms with Crippen LogP contribution in [0.4, 0.5) is 5.69 Å². The fourth-order valence-electron chi connectivity index (χ4n) is 3.07. The average molecular weight is 410 g/mol. The number of benzene rings is 2. The van der Waals surface area contributed by atoms with Gasteiger partial charge in [-0.15, -0.1) is 11.3 Å². The zero-order chi connectivity index (χ0) is 20.3. The minimum absolute atomic E-state index is 0.0506. The Morgan fingerprint density at radius 1 is 1.21 bits per heavy atom. The van der Waals surface area contributed by atoms with Gasteiger partial charge in [0.05, 0.1) is 16.3 Å². The van der Waals surface area contributed by atoms with Crippen molar-refractivity contribution in [2.24, 2.45) is 5.92 Å². The molecular weight excluding hydrogens is 390 g/mol. The molecule has 1 unspecified atom stereocenters. The molecule has 0 radical (unpaired) electrons. The number of rotatable bonds is 6. The van der Waals surface area contributed by atoms with Crippen LogP contribution in [0.3, 0.4) is 0 Å². The lowest BCUT2D eigenvalue weighted by Gasteiger charge is -2.28. The van der Waals surface area contributed by atoms with Crippen molar-refractivity contribution in [1.29, 1.82) is 5.26 Å². The van der Waals surface area contributed by atoms with Crippen LogP contribution in [0.1, 0.15) is 19.4 Å². The molecule has 0 saturated carbocycles. The number of nitriles is 1. The number of hydrogen-bond acceptors (Lipinski definition) is 5. The van der Waals surface area contributed by atoms with Crippen molar-refractivity contribution in [3.63, 3.8) is 0 Å². The Kier molecular flexibility index (Phi) is 6.02. The van der Waals surface area contributed by atoms with Crippen molar-refractivity contribution in [2.75, 3.05) is 4.90 Å². The van der Waals surface area contributed by atoms with Crippen LogP contribution < -0.4 is 4.90 Å². The molecule has 1 atom stereocenters. The summed E-state index contributed by atoms with van der Waals surface area (Å²) in [4.78, 5) is 30.4. The molecule has 3 aromatic rings. The van der Waals surface area contributed by atoms with Gasteiger partial charge in [0.1, 0.15) is 0 Å². The van der Waals surface area contributed by atoms with E-state index in [0.717, 1.165) is 15.8 Å². The Balaban J connectivity index is 1.90.